The van der Waals surface area contributed by atoms with Crippen molar-refractivity contribution in [3.05, 3.63) is 94.0 Å². The number of ether oxygens (including phenoxy) is 1. The molecule has 2 amide bonds. The molecule has 0 radical (unpaired) electrons. The Balaban J connectivity index is 1.28. The Bertz CT molecular complexity index is 1270. The third-order valence-corrected chi connectivity index (χ3v) is 7.49. The summed E-state index contributed by atoms with van der Waals surface area (Å²) in [5.41, 5.74) is 2.70. The molecule has 3 aromatic rings. The third-order valence-electron chi connectivity index (χ3n) is 6.91. The first-order valence-corrected chi connectivity index (χ1v) is 13.3. The van der Waals surface area contributed by atoms with E-state index in [2.05, 4.69) is 10.2 Å². The topological polar surface area (TPSA) is 61.9 Å². The van der Waals surface area contributed by atoms with E-state index in [9.17, 15) is 9.59 Å². The predicted octanol–water partition coefficient (Wildman–Crippen LogP) is 5.32. The lowest BCUT2D eigenvalue weighted by Gasteiger charge is -2.38. The molecule has 8 heteroatoms. The van der Waals surface area contributed by atoms with Gasteiger partial charge >= 0.3 is 0 Å². The van der Waals surface area contributed by atoms with Crippen molar-refractivity contribution in [3.63, 3.8) is 0 Å². The van der Waals surface area contributed by atoms with Crippen LogP contribution in [0.4, 0.5) is 5.69 Å². The molecule has 2 aliphatic rings. The van der Waals surface area contributed by atoms with Gasteiger partial charge in [-0.1, -0.05) is 71.7 Å². The number of piperidine rings is 1. The van der Waals surface area contributed by atoms with Gasteiger partial charge in [0.05, 0.1) is 18.2 Å². The average molecular weight is 538 g/mol. The van der Waals surface area contributed by atoms with Crippen molar-refractivity contribution in [2.75, 3.05) is 24.5 Å². The van der Waals surface area contributed by atoms with Crippen LogP contribution in [0.5, 0.6) is 5.75 Å². The molecule has 5 rings (SSSR count). The largest absolute Gasteiger partial charge is 0.477 e. The maximum absolute atomic E-state index is 13.8. The van der Waals surface area contributed by atoms with Crippen molar-refractivity contribution in [2.45, 2.75) is 32.0 Å². The van der Waals surface area contributed by atoms with Gasteiger partial charge in [-0.25, -0.2) is 0 Å². The Hall–Kier alpha value is -3.06. The van der Waals surface area contributed by atoms with E-state index in [1.54, 1.807) is 11.0 Å². The van der Waals surface area contributed by atoms with Crippen molar-refractivity contribution >= 4 is 40.7 Å². The highest BCUT2D eigenvalue weighted by atomic mass is 35.5. The van der Waals surface area contributed by atoms with Crippen molar-refractivity contribution in [1.82, 2.24) is 10.2 Å². The van der Waals surface area contributed by atoms with Gasteiger partial charge in [0.15, 0.2) is 6.10 Å². The quantitative estimate of drug-likeness (QED) is 0.462. The van der Waals surface area contributed by atoms with Crippen LogP contribution in [0, 0.1) is 5.92 Å². The van der Waals surface area contributed by atoms with E-state index in [4.69, 9.17) is 27.9 Å². The van der Waals surface area contributed by atoms with E-state index in [-0.39, 0.29) is 24.3 Å². The fraction of sp³-hybridized carbons (Fsp3) is 0.310. The highest BCUT2D eigenvalue weighted by Crippen LogP contribution is 2.35. The van der Waals surface area contributed by atoms with Gasteiger partial charge in [-0.3, -0.25) is 14.5 Å². The number of halogens is 2. The SMILES string of the molecule is O=C(NCc1ccccc1)C1CN(C(=O)C2CCCN(Cc3ccc(Cl)cc3Cl)C2)c2ccccc2O1. The summed E-state index contributed by atoms with van der Waals surface area (Å²) in [5, 5.41) is 4.19. The van der Waals surface area contributed by atoms with Crippen LogP contribution in [0.2, 0.25) is 10.0 Å². The van der Waals surface area contributed by atoms with Crippen LogP contribution in [0.15, 0.2) is 72.8 Å². The Labute approximate surface area is 227 Å². The molecule has 37 heavy (non-hydrogen) atoms. The smallest absolute Gasteiger partial charge is 0.263 e. The first kappa shape index (κ1) is 25.6. The van der Waals surface area contributed by atoms with Gasteiger partial charge in [-0.15, -0.1) is 0 Å². The fourth-order valence-electron chi connectivity index (χ4n) is 4.99. The van der Waals surface area contributed by atoms with E-state index < -0.39 is 6.10 Å². The van der Waals surface area contributed by atoms with Crippen LogP contribution in [0.1, 0.15) is 24.0 Å². The Kier molecular flexibility index (Phi) is 7.99. The second-order valence-electron chi connectivity index (χ2n) is 9.54. The zero-order valence-corrected chi connectivity index (χ0v) is 21.9. The lowest BCUT2D eigenvalue weighted by Crippen LogP contribution is -2.53. The molecule has 1 saturated heterocycles. The van der Waals surface area contributed by atoms with E-state index in [0.29, 0.717) is 41.1 Å². The molecule has 0 saturated carbocycles. The molecule has 0 bridgehead atoms. The Morgan fingerprint density at radius 1 is 0.973 bits per heavy atom. The standard InChI is InChI=1S/C29H29Cl2N3O3/c30-23-13-12-21(24(31)15-23)17-33-14-6-9-22(18-33)29(36)34-19-27(37-26-11-5-4-10-25(26)34)28(35)32-16-20-7-2-1-3-8-20/h1-5,7-8,10-13,15,22,27H,6,9,14,16-19H2,(H,32,35). The molecule has 1 fully saturated rings. The minimum Gasteiger partial charge on any atom is -0.477 e. The summed E-state index contributed by atoms with van der Waals surface area (Å²) in [5.74, 6) is 0.143. The number of likely N-dealkylation sites (tertiary alicyclic amines) is 1. The van der Waals surface area contributed by atoms with Crippen LogP contribution in [0.25, 0.3) is 0 Å². The van der Waals surface area contributed by atoms with Gasteiger partial charge in [0.1, 0.15) is 5.75 Å². The molecule has 192 valence electrons. The average Bonchev–Trinajstić information content (AvgIpc) is 2.93. The van der Waals surface area contributed by atoms with Crippen LogP contribution < -0.4 is 15.0 Å². The third kappa shape index (κ3) is 6.09. The number of para-hydroxylation sites is 2. The molecule has 0 aromatic heterocycles. The van der Waals surface area contributed by atoms with Gasteiger partial charge in [0.25, 0.3) is 5.91 Å². The molecular formula is C29H29Cl2N3O3. The summed E-state index contributed by atoms with van der Waals surface area (Å²) in [6.45, 7) is 2.76. The number of carbonyl (C=O) groups is 2. The Morgan fingerprint density at radius 3 is 2.57 bits per heavy atom. The van der Waals surface area contributed by atoms with Gasteiger partial charge < -0.3 is 15.0 Å². The molecule has 2 heterocycles. The normalized spacial score (nSPS) is 19.6. The molecule has 0 spiro atoms. The van der Waals surface area contributed by atoms with Crippen LogP contribution in [-0.4, -0.2) is 42.5 Å². The summed E-state index contributed by atoms with van der Waals surface area (Å²) in [7, 11) is 0. The second kappa shape index (κ2) is 11.5. The zero-order valence-electron chi connectivity index (χ0n) is 20.4. The number of benzene rings is 3. The van der Waals surface area contributed by atoms with Crippen LogP contribution in [0.3, 0.4) is 0 Å². The molecule has 6 nitrogen and oxygen atoms in total. The Morgan fingerprint density at radius 2 is 1.76 bits per heavy atom. The molecule has 2 atom stereocenters. The number of nitrogens with zero attached hydrogens (tertiary/aromatic N) is 2. The van der Waals surface area contributed by atoms with E-state index >= 15 is 0 Å². The van der Waals surface area contributed by atoms with E-state index in [0.717, 1.165) is 30.5 Å². The number of amides is 2. The lowest BCUT2D eigenvalue weighted by molar-refractivity contribution is -0.129. The lowest BCUT2D eigenvalue weighted by atomic mass is 9.95. The maximum Gasteiger partial charge on any atom is 0.263 e. The maximum atomic E-state index is 13.8. The number of hydrogen-bond acceptors (Lipinski definition) is 4. The number of nitrogens with one attached hydrogen (secondary N) is 1. The number of anilines is 1. The highest BCUT2D eigenvalue weighted by molar-refractivity contribution is 6.35. The summed E-state index contributed by atoms with van der Waals surface area (Å²) in [6, 6.07) is 22.7. The number of rotatable bonds is 6. The summed E-state index contributed by atoms with van der Waals surface area (Å²) in [4.78, 5) is 30.9. The molecule has 1 N–H and O–H groups in total. The van der Waals surface area contributed by atoms with E-state index in [1.807, 2.05) is 66.7 Å². The molecule has 2 aliphatic heterocycles. The first-order valence-electron chi connectivity index (χ1n) is 12.5. The van der Waals surface area contributed by atoms with Crippen LogP contribution >= 0.6 is 23.2 Å². The molecule has 3 aromatic carbocycles. The van der Waals surface area contributed by atoms with Gasteiger partial charge in [-0.2, -0.15) is 0 Å². The predicted molar refractivity (Wildman–Crippen MR) is 146 cm³/mol. The van der Waals surface area contributed by atoms with Crippen LogP contribution in [-0.2, 0) is 22.7 Å². The number of hydrogen-bond donors (Lipinski definition) is 1. The van der Waals surface area contributed by atoms with Crippen molar-refractivity contribution in [1.29, 1.82) is 0 Å². The van der Waals surface area contributed by atoms with Gasteiger partial charge in [0, 0.05) is 29.7 Å². The first-order chi connectivity index (χ1) is 18.0. The van der Waals surface area contributed by atoms with E-state index in [1.165, 1.54) is 0 Å². The fourth-order valence-corrected chi connectivity index (χ4v) is 5.46. The molecular weight excluding hydrogens is 509 g/mol. The monoisotopic (exact) mass is 537 g/mol. The summed E-state index contributed by atoms with van der Waals surface area (Å²) >= 11 is 12.4. The minimum absolute atomic E-state index is 0.0171. The minimum atomic E-state index is -0.782. The summed E-state index contributed by atoms with van der Waals surface area (Å²) in [6.07, 6.45) is 0.929. The van der Waals surface area contributed by atoms with Gasteiger partial charge in [0.2, 0.25) is 5.91 Å². The van der Waals surface area contributed by atoms with Crippen molar-refractivity contribution in [3.8, 4) is 5.75 Å². The highest BCUT2D eigenvalue weighted by Gasteiger charge is 2.37. The summed E-state index contributed by atoms with van der Waals surface area (Å²) < 4.78 is 6.03. The zero-order chi connectivity index (χ0) is 25.8. The second-order valence-corrected chi connectivity index (χ2v) is 10.4. The van der Waals surface area contributed by atoms with Gasteiger partial charge in [-0.05, 0) is 54.8 Å². The number of fused-ring (bicyclic) bond motifs is 1. The number of carbonyl (C=O) groups excluding carboxylic acids is 2. The van der Waals surface area contributed by atoms with Crippen molar-refractivity contribution in [2.24, 2.45) is 5.92 Å². The molecule has 0 aliphatic carbocycles. The van der Waals surface area contributed by atoms with Crippen molar-refractivity contribution < 1.29 is 14.3 Å². The molecule has 2 unspecified atom stereocenters.